The number of anilines is 1. The van der Waals surface area contributed by atoms with Crippen molar-refractivity contribution in [3.8, 4) is 0 Å². The van der Waals surface area contributed by atoms with E-state index in [-0.39, 0.29) is 28.3 Å². The van der Waals surface area contributed by atoms with Crippen LogP contribution in [0.3, 0.4) is 0 Å². The summed E-state index contributed by atoms with van der Waals surface area (Å²) in [6.07, 6.45) is 0. The van der Waals surface area contributed by atoms with Gasteiger partial charge in [0.1, 0.15) is 17.7 Å². The lowest BCUT2D eigenvalue weighted by molar-refractivity contribution is -0.122. The maximum atomic E-state index is 13.1. The minimum Gasteiger partial charge on any atom is -0.296 e. The highest BCUT2D eigenvalue weighted by molar-refractivity contribution is 6.49. The summed E-state index contributed by atoms with van der Waals surface area (Å²) in [5.41, 5.74) is 3.42. The van der Waals surface area contributed by atoms with Crippen molar-refractivity contribution in [3.63, 3.8) is 0 Å². The van der Waals surface area contributed by atoms with Crippen LogP contribution in [0.4, 0.5) is 5.69 Å². The van der Waals surface area contributed by atoms with Crippen molar-refractivity contribution < 1.29 is 28.8 Å². The molecule has 3 heterocycles. The van der Waals surface area contributed by atoms with Crippen LogP contribution in [0.1, 0.15) is 38.0 Å². The van der Waals surface area contributed by atoms with Crippen LogP contribution in [-0.4, -0.2) is 58.4 Å². The Morgan fingerprint density at radius 3 is 2.09 bits per heavy atom. The molecular weight excluding hydrogens is 428 g/mol. The number of hydrogen-bond donors (Lipinski definition) is 1. The maximum Gasteiger partial charge on any atom is 0.261 e. The largest absolute Gasteiger partial charge is 0.296 e. The van der Waals surface area contributed by atoms with Gasteiger partial charge in [0.15, 0.2) is 11.6 Å². The van der Waals surface area contributed by atoms with Crippen molar-refractivity contribution in [2.75, 3.05) is 11.4 Å². The third kappa shape index (κ3) is 2.99. The molecule has 1 fully saturated rings. The van der Waals surface area contributed by atoms with Crippen LogP contribution in [0.25, 0.3) is 0 Å². The van der Waals surface area contributed by atoms with Crippen molar-refractivity contribution in [3.05, 3.63) is 65.2 Å². The fraction of sp³-hybridized carbons (Fsp3) is 0.174. The molecule has 0 spiro atoms. The second-order valence-electron chi connectivity index (χ2n) is 7.86. The van der Waals surface area contributed by atoms with E-state index in [9.17, 15) is 28.8 Å². The molecule has 33 heavy (non-hydrogen) atoms. The van der Waals surface area contributed by atoms with Crippen molar-refractivity contribution in [2.24, 2.45) is 11.0 Å². The van der Waals surface area contributed by atoms with Crippen molar-refractivity contribution in [1.82, 2.24) is 10.3 Å². The van der Waals surface area contributed by atoms with Crippen LogP contribution < -0.4 is 10.3 Å². The predicted molar refractivity (Wildman–Crippen MR) is 114 cm³/mol. The van der Waals surface area contributed by atoms with Gasteiger partial charge < -0.3 is 0 Å². The molecule has 10 nitrogen and oxygen atoms in total. The summed E-state index contributed by atoms with van der Waals surface area (Å²) in [5.74, 6) is -4.49. The number of benzene rings is 2. The lowest BCUT2D eigenvalue weighted by Gasteiger charge is -2.16. The molecule has 3 aliphatic heterocycles. The SMILES string of the molecule is CC(=O)c1ccc(N2C(=O)C3NN=C(C(=O)CN4C(=O)c5ccccc5C4=O)C3C2=O)cc1. The number of hydrogen-bond acceptors (Lipinski definition) is 8. The van der Waals surface area contributed by atoms with Gasteiger partial charge in [-0.3, -0.25) is 39.1 Å². The molecule has 164 valence electrons. The van der Waals surface area contributed by atoms with Gasteiger partial charge in [-0.2, -0.15) is 5.10 Å². The van der Waals surface area contributed by atoms with Gasteiger partial charge in [-0.1, -0.05) is 12.1 Å². The van der Waals surface area contributed by atoms with Crippen LogP contribution in [0.5, 0.6) is 0 Å². The minimum atomic E-state index is -1.17. The monoisotopic (exact) mass is 444 g/mol. The molecule has 10 heteroatoms. The quantitative estimate of drug-likeness (QED) is 0.527. The Bertz CT molecular complexity index is 1280. The lowest BCUT2D eigenvalue weighted by Crippen LogP contribution is -2.41. The van der Waals surface area contributed by atoms with E-state index in [0.29, 0.717) is 5.56 Å². The molecule has 0 radical (unpaired) electrons. The highest BCUT2D eigenvalue weighted by Gasteiger charge is 2.55. The van der Waals surface area contributed by atoms with Crippen LogP contribution in [0.15, 0.2) is 53.6 Å². The van der Waals surface area contributed by atoms with E-state index in [1.54, 1.807) is 12.1 Å². The van der Waals surface area contributed by atoms with Gasteiger partial charge in [0, 0.05) is 5.56 Å². The first-order chi connectivity index (χ1) is 15.8. The molecule has 2 atom stereocenters. The Kier molecular flexibility index (Phi) is 4.52. The standard InChI is InChI=1S/C23H16N4O6/c1-11(28)12-6-8-13(9-7-12)27-22(32)17-18(24-25-19(17)23(27)33)16(29)10-26-20(30)14-4-2-3-5-15(14)21(26)31/h2-9,17,19,25H,10H2,1H3. The van der Waals surface area contributed by atoms with Crippen LogP contribution in [-0.2, 0) is 14.4 Å². The molecule has 0 aliphatic carbocycles. The Balaban J connectivity index is 1.36. The molecule has 4 amide bonds. The van der Waals surface area contributed by atoms with Gasteiger partial charge in [-0.05, 0) is 43.3 Å². The van der Waals surface area contributed by atoms with Gasteiger partial charge in [-0.25, -0.2) is 4.90 Å². The zero-order valence-corrected chi connectivity index (χ0v) is 17.3. The first-order valence-corrected chi connectivity index (χ1v) is 10.1. The van der Waals surface area contributed by atoms with Crippen LogP contribution in [0.2, 0.25) is 0 Å². The van der Waals surface area contributed by atoms with Gasteiger partial charge in [0.05, 0.1) is 23.4 Å². The van der Waals surface area contributed by atoms with E-state index in [0.717, 1.165) is 9.80 Å². The van der Waals surface area contributed by atoms with Crippen molar-refractivity contribution >= 4 is 46.6 Å². The number of rotatable bonds is 5. The number of hydrazone groups is 1. The number of carbonyl (C=O) groups excluding carboxylic acids is 6. The van der Waals surface area contributed by atoms with Gasteiger partial charge in [-0.15, -0.1) is 0 Å². The molecular formula is C23H16N4O6. The van der Waals surface area contributed by atoms with Crippen LogP contribution in [0, 0.1) is 5.92 Å². The molecule has 5 rings (SSSR count). The van der Waals surface area contributed by atoms with Crippen molar-refractivity contribution in [2.45, 2.75) is 13.0 Å². The van der Waals surface area contributed by atoms with E-state index in [2.05, 4.69) is 10.5 Å². The van der Waals surface area contributed by atoms with Gasteiger partial charge >= 0.3 is 0 Å². The molecule has 2 aromatic carbocycles. The summed E-state index contributed by atoms with van der Waals surface area (Å²) >= 11 is 0. The summed E-state index contributed by atoms with van der Waals surface area (Å²) in [5, 5.41) is 3.88. The van der Waals surface area contributed by atoms with E-state index in [1.165, 1.54) is 43.3 Å². The topological polar surface area (TPSA) is 133 Å². The molecule has 1 saturated heterocycles. The summed E-state index contributed by atoms with van der Waals surface area (Å²) < 4.78 is 0. The first-order valence-electron chi connectivity index (χ1n) is 10.1. The number of imide groups is 2. The zero-order chi connectivity index (χ0) is 23.4. The number of fused-ring (bicyclic) bond motifs is 2. The third-order valence-corrected chi connectivity index (χ3v) is 5.92. The first kappa shape index (κ1) is 20.4. The molecule has 3 aliphatic rings. The number of nitrogens with zero attached hydrogens (tertiary/aromatic N) is 3. The highest BCUT2D eigenvalue weighted by atomic mass is 16.2. The fourth-order valence-electron chi connectivity index (χ4n) is 4.23. The van der Waals surface area contributed by atoms with Gasteiger partial charge in [0.2, 0.25) is 5.91 Å². The zero-order valence-electron chi connectivity index (χ0n) is 17.3. The number of ketones is 2. The smallest absolute Gasteiger partial charge is 0.261 e. The predicted octanol–water partition coefficient (Wildman–Crippen LogP) is 0.572. The second-order valence-corrected chi connectivity index (χ2v) is 7.86. The van der Waals surface area contributed by atoms with Crippen molar-refractivity contribution in [1.29, 1.82) is 0 Å². The Hall–Kier alpha value is -4.47. The Morgan fingerprint density at radius 2 is 1.52 bits per heavy atom. The lowest BCUT2D eigenvalue weighted by atomic mass is 9.95. The summed E-state index contributed by atoms with van der Waals surface area (Å²) in [7, 11) is 0. The Labute approximate surface area is 186 Å². The van der Waals surface area contributed by atoms with E-state index in [4.69, 9.17) is 0 Å². The minimum absolute atomic E-state index is 0.160. The Morgan fingerprint density at radius 1 is 0.909 bits per heavy atom. The summed E-state index contributed by atoms with van der Waals surface area (Å²) in [6.45, 7) is 0.809. The fourth-order valence-corrected chi connectivity index (χ4v) is 4.23. The number of Topliss-reactive ketones (excluding diaryl/α,β-unsaturated/α-hetero) is 2. The average Bonchev–Trinajstić information content (AvgIpc) is 3.43. The summed E-state index contributed by atoms with van der Waals surface area (Å²) in [4.78, 5) is 77.3. The van der Waals surface area contributed by atoms with E-state index < -0.39 is 47.9 Å². The average molecular weight is 444 g/mol. The highest BCUT2D eigenvalue weighted by Crippen LogP contribution is 2.31. The van der Waals surface area contributed by atoms with Crippen LogP contribution >= 0.6 is 0 Å². The van der Waals surface area contributed by atoms with Gasteiger partial charge in [0.25, 0.3) is 17.7 Å². The second kappa shape index (κ2) is 7.30. The summed E-state index contributed by atoms with van der Waals surface area (Å²) in [6, 6.07) is 11.1. The normalized spacial score (nSPS) is 21.2. The van der Waals surface area contributed by atoms with E-state index in [1.807, 2.05) is 0 Å². The maximum absolute atomic E-state index is 13.1. The molecule has 0 bridgehead atoms. The number of nitrogens with one attached hydrogen (secondary N) is 1. The molecule has 0 saturated carbocycles. The third-order valence-electron chi connectivity index (χ3n) is 5.92. The molecule has 2 unspecified atom stereocenters. The molecule has 1 N–H and O–H groups in total. The van der Waals surface area contributed by atoms with E-state index >= 15 is 0 Å². The molecule has 2 aromatic rings. The number of carbonyl (C=O) groups is 6. The number of amides is 4. The molecule has 0 aromatic heterocycles.